The lowest BCUT2D eigenvalue weighted by molar-refractivity contribution is -0.210. The Morgan fingerprint density at radius 3 is 1.19 bits per heavy atom. The topological polar surface area (TPSA) is 130 Å². The van der Waals surface area contributed by atoms with Crippen LogP contribution < -0.4 is 0 Å². The molecular formula is C122H204O10Si2. The van der Waals surface area contributed by atoms with Crippen molar-refractivity contribution in [3.05, 3.63) is 34.9 Å². The van der Waals surface area contributed by atoms with E-state index in [4.69, 9.17) is 27.8 Å². The zero-order valence-corrected chi connectivity index (χ0v) is 94.5. The number of ketones is 2. The maximum Gasteiger partial charge on any atom is 0.192 e. The summed E-state index contributed by atoms with van der Waals surface area (Å²) in [5, 5.41) is 21.4. The fourth-order valence-electron chi connectivity index (χ4n) is 41.7. The van der Waals surface area contributed by atoms with E-state index in [0.29, 0.717) is 116 Å². The monoisotopic (exact) mass is 1890 g/mol. The molecule has 760 valence electrons. The van der Waals surface area contributed by atoms with Crippen LogP contribution in [0.4, 0.5) is 0 Å². The molecule has 17 saturated carbocycles. The molecule has 20 aliphatic carbocycles. The quantitative estimate of drug-likeness (QED) is 0.207. The lowest BCUT2D eigenvalue weighted by Crippen LogP contribution is -2.63. The maximum atomic E-state index is 12.5. The van der Waals surface area contributed by atoms with Crippen LogP contribution in [0.2, 0.25) is 37.8 Å². The van der Waals surface area contributed by atoms with Gasteiger partial charge in [0.25, 0.3) is 0 Å². The Labute approximate surface area is 822 Å². The molecule has 0 aromatic carbocycles. The average Bonchev–Trinajstić information content (AvgIpc) is 1.51. The van der Waals surface area contributed by atoms with Gasteiger partial charge in [-0.15, -0.1) is 0 Å². The highest BCUT2D eigenvalue weighted by Gasteiger charge is 2.73. The molecule has 0 aromatic rings. The number of hydrogen-bond donors (Lipinski definition) is 2. The molecule has 0 amide bonds. The van der Waals surface area contributed by atoms with E-state index in [-0.39, 0.29) is 45.2 Å². The summed E-state index contributed by atoms with van der Waals surface area (Å²) >= 11 is 0. The molecule has 2 saturated heterocycles. The normalized spacial score (nSPS) is 55.5. The second kappa shape index (κ2) is 34.9. The van der Waals surface area contributed by atoms with Crippen molar-refractivity contribution < 1.29 is 47.6 Å². The molecule has 0 bridgehead atoms. The number of carbonyl (C=O) groups is 2. The summed E-state index contributed by atoms with van der Waals surface area (Å²) in [6.07, 6.45) is 45.2. The molecule has 22 rings (SSSR count). The smallest absolute Gasteiger partial charge is 0.192 e. The van der Waals surface area contributed by atoms with Crippen LogP contribution >= 0.6 is 0 Å². The van der Waals surface area contributed by atoms with Gasteiger partial charge < -0.3 is 38.0 Å². The van der Waals surface area contributed by atoms with E-state index < -0.39 is 40.4 Å². The Hall–Kier alpha value is -1.33. The molecule has 18 unspecified atom stereocenters. The molecule has 2 aliphatic heterocycles. The first kappa shape index (κ1) is 103. The first-order valence-electron chi connectivity index (χ1n) is 57.8. The van der Waals surface area contributed by atoms with Crippen LogP contribution in [0, 0.1) is 226 Å². The van der Waals surface area contributed by atoms with Crippen LogP contribution in [-0.2, 0) is 37.4 Å². The highest BCUT2D eigenvalue weighted by molar-refractivity contribution is 6.74. The number of hydrogen-bond acceptors (Lipinski definition) is 10. The molecule has 12 heteroatoms. The summed E-state index contributed by atoms with van der Waals surface area (Å²) in [5.74, 6) is 22.1. The van der Waals surface area contributed by atoms with Crippen LogP contribution in [0.3, 0.4) is 0 Å². The molecule has 0 radical (unpaired) electrons. The van der Waals surface area contributed by atoms with Crippen LogP contribution in [0.5, 0.6) is 0 Å². The highest BCUT2D eigenvalue weighted by atomic mass is 28.4. The number of aliphatic hydroxyl groups excluding tert-OH is 2. The van der Waals surface area contributed by atoms with E-state index in [1.54, 1.807) is 5.57 Å². The van der Waals surface area contributed by atoms with E-state index in [2.05, 4.69) is 232 Å². The van der Waals surface area contributed by atoms with E-state index >= 15 is 0 Å². The summed E-state index contributed by atoms with van der Waals surface area (Å²) < 4.78 is 39.8. The first-order chi connectivity index (χ1) is 62.1. The summed E-state index contributed by atoms with van der Waals surface area (Å²) in [4.78, 5) is 24.5. The third-order valence-corrected chi connectivity index (χ3v) is 57.0. The summed E-state index contributed by atoms with van der Waals surface area (Å²) in [7, 11) is -3.32. The van der Waals surface area contributed by atoms with Gasteiger partial charge in [0.1, 0.15) is 6.10 Å². The van der Waals surface area contributed by atoms with Gasteiger partial charge in [0.2, 0.25) is 0 Å². The summed E-state index contributed by atoms with van der Waals surface area (Å²) in [6, 6.07) is 0. The Kier molecular flexibility index (Phi) is 26.8. The minimum absolute atomic E-state index is 0.0449. The lowest BCUT2D eigenvalue weighted by atomic mass is 9.40. The van der Waals surface area contributed by atoms with Crippen LogP contribution in [0.1, 0.15) is 393 Å². The predicted octanol–water partition coefficient (Wildman–Crippen LogP) is 30.4. The minimum atomic E-state index is -1.84. The van der Waals surface area contributed by atoms with Gasteiger partial charge in [0.15, 0.2) is 39.8 Å². The standard InChI is InChI=1S/C28H46O4Si.C25H42O2.C25H44OSi.C22H38O2.C22H34O/c1-25(2,3)33(8,9)32-21-11-10-18-22-19(13-15-28(18,21)7)27(6)14-12-17(29)16-20(27)23-24(22)31-26(4,5)30-23;1-14-8-9-17-20-15(2)16(3)21-22-19(26-23(4,5)27-22)11-13-25(21,7)18(20)10-12-24(14,17)6;1-16-9-10-20-23-18(3)17(2)22-15-19(26-27(6,7)8)11-13-25(22,5)21(23)12-14-24(16,20)4;1-12-6-7-15-18-13(2)14(3)19-20(24)17(23)9-11-22(19,5)16(18)8-10-21(12,15)4;1-13-6-7-17-20-15(3)14(2)19-12-16(23)8-10-22(19,5)18(20)9-11-21(13,17)4/h16,18-19,21-24H,10-15H2,1-9H3;14-22H,8-13H2,1-7H3;15-21,23H,9-14H2,1-8H3;12-20,23-24H,6-11H2,1-5H3;12-15,17-18,20H,6-11H2,1-5H3/t18?,19?,21-,22?,23+,24+,27+,28-;14-,15-,16-,17?,18?,19-,20?,21?,22+,24+,25+;16-,17-,18-,19?,20?,21?,23?,24+,25+;12-,13-,14-,15?,16?,17-,18?,19?,20+,21+,22+;13-,14-,15-,17?,18?,20?,21+,22+/m00000/s1. The van der Waals surface area contributed by atoms with Gasteiger partial charge in [-0.25, -0.2) is 0 Å². The van der Waals surface area contributed by atoms with Crippen molar-refractivity contribution in [1.82, 2.24) is 0 Å². The molecule has 22 aliphatic rings. The van der Waals surface area contributed by atoms with Gasteiger partial charge >= 0.3 is 0 Å². The van der Waals surface area contributed by atoms with Gasteiger partial charge in [0.05, 0.1) is 42.7 Å². The van der Waals surface area contributed by atoms with Gasteiger partial charge in [-0.05, 0) is 489 Å². The number of aliphatic hydroxyl groups is 2. The van der Waals surface area contributed by atoms with E-state index in [9.17, 15) is 19.8 Å². The molecular weight excluding hydrogens is 1680 g/mol. The predicted molar refractivity (Wildman–Crippen MR) is 553 cm³/mol. The van der Waals surface area contributed by atoms with Crippen molar-refractivity contribution in [3.8, 4) is 0 Å². The Morgan fingerprint density at radius 2 is 0.709 bits per heavy atom. The van der Waals surface area contributed by atoms with Crippen molar-refractivity contribution >= 4 is 28.2 Å². The van der Waals surface area contributed by atoms with Crippen molar-refractivity contribution in [1.29, 1.82) is 0 Å². The lowest BCUT2D eigenvalue weighted by Gasteiger charge is -2.65. The Morgan fingerprint density at radius 1 is 0.343 bits per heavy atom. The van der Waals surface area contributed by atoms with Crippen LogP contribution in [0.15, 0.2) is 34.9 Å². The average molecular weight is 1890 g/mol. The maximum absolute atomic E-state index is 12.5. The number of allylic oxidation sites excluding steroid dienone is 2. The SMILES string of the molecule is CC1(C)O[C@@H]2C3=CC(=O)CC[C@]3(C)C3CC[C@@]4(C)C(CC[C@@H]4O[Si](C)(C)C(C)(C)C)C3[C@H]2O1.C[C@@H]1C2=CC(=O)CC[C@]2(C)C2CC[C@@]3(C)C(CC[C@@H]3C)C2[C@H]1C.C[C@@H]1C2=CC(O[Si](C)(C)C)CC[C@]2(C)C2CC[C@@]3(C)C(CC[C@@H]3C)C2[C@H]1C.C[C@@H]1C2C(CC[C@@]3(C)C2CC[C@@H]3C)[C@@]2(C)CC[C@@H]3OC(C)(C)O[C@H]3C2[C@H]1C.C[C@@H]1C2C(CC[C@@]3(C)C2CC[C@@H]3C)[C@@]2(C)CC[C@H](O)[C@@H](O)C2[C@H]1C. The van der Waals surface area contributed by atoms with Gasteiger partial charge in [0, 0.05) is 12.8 Å². The zero-order valence-electron chi connectivity index (χ0n) is 92.5. The minimum Gasteiger partial charge on any atom is -0.413 e. The molecule has 2 heterocycles. The van der Waals surface area contributed by atoms with E-state index in [1.165, 1.54) is 159 Å². The Balaban J connectivity index is 0.000000113. The van der Waals surface area contributed by atoms with Crippen molar-refractivity contribution in [2.45, 2.75) is 492 Å². The van der Waals surface area contributed by atoms with Crippen molar-refractivity contribution in [2.24, 2.45) is 226 Å². The summed E-state index contributed by atoms with van der Waals surface area (Å²) in [6.45, 7) is 83.0. The zero-order chi connectivity index (χ0) is 97.3. The molecule has 19 fully saturated rings. The molecule has 0 aromatic heterocycles. The molecule has 10 nitrogen and oxygen atoms in total. The highest BCUT2D eigenvalue weighted by Crippen LogP contribution is 2.77. The number of carbonyl (C=O) groups excluding carboxylic acids is 2. The number of rotatable bonds is 4. The fraction of sp³-hybridized carbons (Fsp3) is 0.934. The second-order valence-electron chi connectivity index (χ2n) is 59.4. The van der Waals surface area contributed by atoms with Crippen LogP contribution in [-0.4, -0.2) is 98.8 Å². The van der Waals surface area contributed by atoms with E-state index in [0.717, 1.165) is 163 Å². The van der Waals surface area contributed by atoms with E-state index in [1.807, 2.05) is 19.9 Å². The molecule has 134 heavy (non-hydrogen) atoms. The Bertz CT molecular complexity index is 4430. The number of ether oxygens (including phenoxy) is 4. The van der Waals surface area contributed by atoms with Gasteiger partial charge in [-0.1, -0.05) is 190 Å². The second-order valence-corrected chi connectivity index (χ2v) is 68.7. The summed E-state index contributed by atoms with van der Waals surface area (Å²) in [5.41, 5.74) is 8.50. The third kappa shape index (κ3) is 16.0. The van der Waals surface area contributed by atoms with Crippen LogP contribution in [0.25, 0.3) is 0 Å². The fourth-order valence-corrected chi connectivity index (χ4v) is 44.2. The van der Waals surface area contributed by atoms with Crippen molar-refractivity contribution in [2.75, 3.05) is 0 Å². The van der Waals surface area contributed by atoms with Gasteiger partial charge in [-0.2, -0.15) is 0 Å². The molecule has 0 spiro atoms. The largest absolute Gasteiger partial charge is 0.413 e. The van der Waals surface area contributed by atoms with Crippen molar-refractivity contribution in [3.63, 3.8) is 0 Å². The number of fused-ring (bicyclic) bond motifs is 30. The first-order valence-corrected chi connectivity index (χ1v) is 64.1. The van der Waals surface area contributed by atoms with Gasteiger partial charge in [-0.3, -0.25) is 9.59 Å². The molecule has 47 atom stereocenters. The molecule has 2 N–H and O–H groups in total. The third-order valence-electron chi connectivity index (χ3n) is 51.5.